The molecule has 0 atom stereocenters. The molecule has 0 aliphatic heterocycles. The van der Waals surface area contributed by atoms with Gasteiger partial charge < -0.3 is 9.30 Å². The molecule has 0 fully saturated rings. The topological polar surface area (TPSA) is 87.3 Å². The summed E-state index contributed by atoms with van der Waals surface area (Å²) in [6, 6.07) is 16.2. The standard InChI is InChI=1S/C21H17N3O4/c1-2-28-21(25)18-11-17-16-8-3-4-9-19(16)23(20(17)12-22-18)13-14-6-5-7-15(10-14)24(26)27/h3-12H,2,13H2,1H3. The van der Waals surface area contributed by atoms with Crippen LogP contribution >= 0.6 is 0 Å². The second kappa shape index (κ2) is 7.11. The van der Waals surface area contributed by atoms with Gasteiger partial charge in [-0.2, -0.15) is 0 Å². The van der Waals surface area contributed by atoms with Crippen LogP contribution in [0.5, 0.6) is 0 Å². The summed E-state index contributed by atoms with van der Waals surface area (Å²) >= 11 is 0. The summed E-state index contributed by atoms with van der Waals surface area (Å²) in [5.74, 6) is -0.458. The highest BCUT2D eigenvalue weighted by Gasteiger charge is 2.16. The van der Waals surface area contributed by atoms with E-state index in [1.54, 1.807) is 31.3 Å². The molecule has 0 aliphatic rings. The third-order valence-corrected chi connectivity index (χ3v) is 4.61. The van der Waals surface area contributed by atoms with Gasteiger partial charge in [-0.1, -0.05) is 30.3 Å². The quantitative estimate of drug-likeness (QED) is 0.294. The lowest BCUT2D eigenvalue weighted by Gasteiger charge is -2.08. The number of carbonyl (C=O) groups is 1. The molecule has 0 saturated carbocycles. The molecule has 2 heterocycles. The molecule has 0 aliphatic carbocycles. The van der Waals surface area contributed by atoms with E-state index >= 15 is 0 Å². The summed E-state index contributed by atoms with van der Waals surface area (Å²) in [4.78, 5) is 27.0. The van der Waals surface area contributed by atoms with Gasteiger partial charge in [-0.3, -0.25) is 10.1 Å². The molecule has 0 unspecified atom stereocenters. The molecule has 0 saturated heterocycles. The Hall–Kier alpha value is -3.74. The Morgan fingerprint density at radius 2 is 1.93 bits per heavy atom. The van der Waals surface area contributed by atoms with Crippen LogP contribution in [0.25, 0.3) is 21.8 Å². The van der Waals surface area contributed by atoms with Crippen LogP contribution in [0.4, 0.5) is 5.69 Å². The highest BCUT2D eigenvalue weighted by molar-refractivity contribution is 6.09. The number of nitro groups is 1. The second-order valence-corrected chi connectivity index (χ2v) is 6.34. The number of aromatic nitrogens is 2. The number of pyridine rings is 1. The average molecular weight is 375 g/mol. The van der Waals surface area contributed by atoms with Gasteiger partial charge in [-0.05, 0) is 24.6 Å². The zero-order chi connectivity index (χ0) is 19.7. The summed E-state index contributed by atoms with van der Waals surface area (Å²) in [6.07, 6.45) is 1.65. The van der Waals surface area contributed by atoms with Crippen LogP contribution in [-0.2, 0) is 11.3 Å². The molecule has 2 aromatic heterocycles. The summed E-state index contributed by atoms with van der Waals surface area (Å²) in [6.45, 7) is 2.49. The number of carbonyl (C=O) groups excluding carboxylic acids is 1. The SMILES string of the molecule is CCOC(=O)c1cc2c3ccccc3n(Cc3cccc([N+](=O)[O-])c3)c2cn1. The van der Waals surface area contributed by atoms with Gasteiger partial charge in [0.1, 0.15) is 5.69 Å². The minimum absolute atomic E-state index is 0.0565. The van der Waals surface area contributed by atoms with E-state index in [1.165, 1.54) is 6.07 Å². The highest BCUT2D eigenvalue weighted by Crippen LogP contribution is 2.30. The Kier molecular flexibility index (Phi) is 4.49. The Morgan fingerprint density at radius 1 is 1.11 bits per heavy atom. The normalized spacial score (nSPS) is 11.0. The Bertz CT molecular complexity index is 1210. The smallest absolute Gasteiger partial charge is 0.356 e. The number of hydrogen-bond acceptors (Lipinski definition) is 5. The van der Waals surface area contributed by atoms with Crippen LogP contribution in [0.15, 0.2) is 60.8 Å². The van der Waals surface area contributed by atoms with Crippen molar-refractivity contribution in [3.8, 4) is 0 Å². The molecule has 4 rings (SSSR count). The lowest BCUT2D eigenvalue weighted by molar-refractivity contribution is -0.384. The van der Waals surface area contributed by atoms with Crippen molar-refractivity contribution in [3.63, 3.8) is 0 Å². The molecule has 28 heavy (non-hydrogen) atoms. The van der Waals surface area contributed by atoms with Crippen LogP contribution in [-0.4, -0.2) is 27.1 Å². The lowest BCUT2D eigenvalue weighted by atomic mass is 10.1. The molecule has 140 valence electrons. The van der Waals surface area contributed by atoms with Gasteiger partial charge in [0.25, 0.3) is 5.69 Å². The molecule has 2 aromatic carbocycles. The van der Waals surface area contributed by atoms with Crippen molar-refractivity contribution < 1.29 is 14.5 Å². The van der Waals surface area contributed by atoms with E-state index in [2.05, 4.69) is 4.98 Å². The highest BCUT2D eigenvalue weighted by atomic mass is 16.6. The Balaban J connectivity index is 1.86. The molecule has 7 nitrogen and oxygen atoms in total. The number of ether oxygens (including phenoxy) is 1. The second-order valence-electron chi connectivity index (χ2n) is 6.34. The van der Waals surface area contributed by atoms with Crippen molar-refractivity contribution in [2.24, 2.45) is 0 Å². The molecule has 0 spiro atoms. The van der Waals surface area contributed by atoms with Gasteiger partial charge in [0.2, 0.25) is 0 Å². The van der Waals surface area contributed by atoms with Gasteiger partial charge in [0, 0.05) is 35.0 Å². The first-order chi connectivity index (χ1) is 13.6. The Morgan fingerprint density at radius 3 is 2.71 bits per heavy atom. The lowest BCUT2D eigenvalue weighted by Crippen LogP contribution is -2.07. The van der Waals surface area contributed by atoms with E-state index in [9.17, 15) is 14.9 Å². The monoisotopic (exact) mass is 375 g/mol. The van der Waals surface area contributed by atoms with E-state index in [1.807, 2.05) is 34.9 Å². The van der Waals surface area contributed by atoms with Gasteiger partial charge in [-0.15, -0.1) is 0 Å². The predicted octanol–water partition coefficient (Wildman–Crippen LogP) is 4.32. The number of nitro benzene ring substituents is 1. The van der Waals surface area contributed by atoms with E-state index in [4.69, 9.17) is 4.74 Å². The molecule has 0 radical (unpaired) electrons. The fourth-order valence-corrected chi connectivity index (χ4v) is 3.38. The predicted molar refractivity (Wildman–Crippen MR) is 105 cm³/mol. The number of esters is 1. The number of fused-ring (bicyclic) bond motifs is 3. The summed E-state index contributed by atoms with van der Waals surface area (Å²) in [5, 5.41) is 13.0. The minimum atomic E-state index is -0.458. The van der Waals surface area contributed by atoms with Crippen molar-refractivity contribution >= 4 is 33.5 Å². The number of benzene rings is 2. The van der Waals surface area contributed by atoms with E-state index < -0.39 is 10.9 Å². The van der Waals surface area contributed by atoms with Crippen LogP contribution in [0.1, 0.15) is 23.0 Å². The first-order valence-electron chi connectivity index (χ1n) is 8.86. The minimum Gasteiger partial charge on any atom is -0.461 e. The maximum absolute atomic E-state index is 12.1. The van der Waals surface area contributed by atoms with E-state index in [0.29, 0.717) is 6.54 Å². The third kappa shape index (κ3) is 3.07. The number of para-hydroxylation sites is 1. The zero-order valence-corrected chi connectivity index (χ0v) is 15.2. The summed E-state index contributed by atoms with van der Waals surface area (Å²) in [7, 11) is 0. The Labute approximate surface area is 160 Å². The first-order valence-corrected chi connectivity index (χ1v) is 8.86. The van der Waals surface area contributed by atoms with Crippen LogP contribution in [0.3, 0.4) is 0 Å². The van der Waals surface area contributed by atoms with Gasteiger partial charge in [-0.25, -0.2) is 9.78 Å². The van der Waals surface area contributed by atoms with Gasteiger partial charge in [0.15, 0.2) is 0 Å². The van der Waals surface area contributed by atoms with Crippen molar-refractivity contribution in [3.05, 3.63) is 82.2 Å². The zero-order valence-electron chi connectivity index (χ0n) is 15.2. The number of hydrogen-bond donors (Lipinski definition) is 0. The first kappa shape index (κ1) is 17.7. The number of nitrogens with zero attached hydrogens (tertiary/aromatic N) is 3. The summed E-state index contributed by atoms with van der Waals surface area (Å²) in [5.41, 5.74) is 2.94. The maximum atomic E-state index is 12.1. The third-order valence-electron chi connectivity index (χ3n) is 4.61. The van der Waals surface area contributed by atoms with Crippen LogP contribution in [0.2, 0.25) is 0 Å². The van der Waals surface area contributed by atoms with Crippen molar-refractivity contribution in [1.29, 1.82) is 0 Å². The summed E-state index contributed by atoms with van der Waals surface area (Å²) < 4.78 is 7.10. The molecule has 4 aromatic rings. The molecule has 0 N–H and O–H groups in total. The molecule has 0 amide bonds. The fraction of sp³-hybridized carbons (Fsp3) is 0.143. The largest absolute Gasteiger partial charge is 0.461 e. The average Bonchev–Trinajstić information content (AvgIpc) is 3.02. The van der Waals surface area contributed by atoms with E-state index in [-0.39, 0.29) is 18.0 Å². The molecular formula is C21H17N3O4. The van der Waals surface area contributed by atoms with Crippen LogP contribution in [0, 0.1) is 10.1 Å². The van der Waals surface area contributed by atoms with Crippen LogP contribution < -0.4 is 0 Å². The van der Waals surface area contributed by atoms with Gasteiger partial charge in [0.05, 0.1) is 23.2 Å². The molecule has 0 bridgehead atoms. The molecule has 7 heteroatoms. The number of rotatable bonds is 5. The maximum Gasteiger partial charge on any atom is 0.356 e. The van der Waals surface area contributed by atoms with Crippen molar-refractivity contribution in [2.45, 2.75) is 13.5 Å². The van der Waals surface area contributed by atoms with Gasteiger partial charge >= 0.3 is 5.97 Å². The number of non-ortho nitro benzene ring substituents is 1. The molecular weight excluding hydrogens is 358 g/mol. The fourth-order valence-electron chi connectivity index (χ4n) is 3.38. The van der Waals surface area contributed by atoms with Crippen molar-refractivity contribution in [2.75, 3.05) is 6.61 Å². The van der Waals surface area contributed by atoms with Crippen molar-refractivity contribution in [1.82, 2.24) is 9.55 Å². The van der Waals surface area contributed by atoms with E-state index in [0.717, 1.165) is 27.4 Å².